The Hall–Kier alpha value is -12.2. The predicted molar refractivity (Wildman–Crippen MR) is 386 cm³/mol. The van der Waals surface area contributed by atoms with E-state index in [0.717, 1.165) is 70.0 Å². The van der Waals surface area contributed by atoms with Crippen molar-refractivity contribution in [2.45, 2.75) is 0 Å². The number of hydrogen-bond acceptors (Lipinski definition) is 4. The summed E-state index contributed by atoms with van der Waals surface area (Å²) in [6.07, 6.45) is 0. The maximum Gasteiger partial charge on any atom is 0.143 e. The summed E-state index contributed by atoms with van der Waals surface area (Å²) >= 11 is 0. The molecular formula is C88H50O4. The lowest BCUT2D eigenvalue weighted by Crippen LogP contribution is -1.91. The van der Waals surface area contributed by atoms with E-state index < -0.39 is 48.3 Å². The molecule has 4 aromatic heterocycles. The minimum absolute atomic E-state index is 0.139. The highest BCUT2D eigenvalue weighted by Gasteiger charge is 2.24. The Morgan fingerprint density at radius 2 is 0.598 bits per heavy atom. The van der Waals surface area contributed by atoms with E-state index in [2.05, 4.69) is 18.2 Å². The predicted octanol–water partition coefficient (Wildman–Crippen LogP) is 25.7. The van der Waals surface area contributed by atoms with Crippen molar-refractivity contribution in [3.8, 4) is 44.5 Å². The van der Waals surface area contributed by atoms with Gasteiger partial charge in [0.05, 0.1) is 21.9 Å². The molecule has 0 amide bonds. The zero-order chi connectivity index (χ0) is 74.0. The molecule has 0 aliphatic heterocycles. The first-order valence-corrected chi connectivity index (χ1v) is 30.1. The van der Waals surface area contributed by atoms with Gasteiger partial charge < -0.3 is 17.7 Å². The van der Waals surface area contributed by atoms with Gasteiger partial charge >= 0.3 is 0 Å². The highest BCUT2D eigenvalue weighted by atomic mass is 16.3. The van der Waals surface area contributed by atoms with E-state index in [1.54, 1.807) is 24.3 Å². The molecule has 21 aromatic rings. The van der Waals surface area contributed by atoms with E-state index in [4.69, 9.17) is 28.6 Å². The fraction of sp³-hybridized carbons (Fsp3) is 0. The van der Waals surface area contributed by atoms with Crippen LogP contribution in [0.2, 0.25) is 0 Å². The lowest BCUT2D eigenvalue weighted by atomic mass is 9.85. The van der Waals surface area contributed by atoms with Crippen molar-refractivity contribution in [1.29, 1.82) is 0 Å². The summed E-state index contributed by atoms with van der Waals surface area (Å²) in [6, 6.07) is 59.1. The van der Waals surface area contributed by atoms with Crippen molar-refractivity contribution in [2.75, 3.05) is 0 Å². The largest absolute Gasteiger partial charge is 0.456 e. The zero-order valence-corrected chi connectivity index (χ0v) is 48.3. The van der Waals surface area contributed by atoms with Crippen LogP contribution >= 0.6 is 0 Å². The summed E-state index contributed by atoms with van der Waals surface area (Å²) < 4.78 is 171. The number of hydrogen-bond donors (Lipinski definition) is 0. The average Bonchev–Trinajstić information content (AvgIpc) is 0.905. The van der Waals surface area contributed by atoms with Crippen molar-refractivity contribution >= 4 is 163 Å². The minimum Gasteiger partial charge on any atom is -0.456 e. The molecule has 4 nitrogen and oxygen atoms in total. The van der Waals surface area contributed by atoms with Gasteiger partial charge in [0, 0.05) is 48.5 Å². The van der Waals surface area contributed by atoms with Crippen LogP contribution in [0.1, 0.15) is 21.9 Å². The third-order valence-electron chi connectivity index (χ3n) is 18.4. The maximum absolute atomic E-state index is 9.44. The van der Waals surface area contributed by atoms with E-state index in [0.29, 0.717) is 72.3 Å². The van der Waals surface area contributed by atoms with Crippen molar-refractivity contribution in [2.24, 2.45) is 0 Å². The number of para-hydroxylation sites is 2. The van der Waals surface area contributed by atoms with Crippen LogP contribution in [0.4, 0.5) is 0 Å². The van der Waals surface area contributed by atoms with Gasteiger partial charge in [-0.05, 0) is 175 Å². The quantitative estimate of drug-likeness (QED) is 0.130. The lowest BCUT2D eigenvalue weighted by molar-refractivity contribution is 0.668. The standard InChI is InChI=1S/C46H26O2.C42H24O2/c1-3-14-30-28(12-1)29-13-2-8-19-35(29)46-45(30)37-25-24-27(26-41(37)48-46)42-31-15-4-6-17-33(31)43(34-18-7-5-16-32(34)42)38-21-11-23-40-44(38)36-20-9-10-22-39(36)47-40;1-2-10-28-25(9-1)18-22-38-42(28)34-20-17-27(24-39(34)44-38)41-32-14-5-3-12-30(32)40(31-13-4-6-15-33(31)41)26-19-21-37-35(23-26)29-11-7-8-16-36(29)43-37/h1-26H;1-24H/i4D,5D,6D,7D,15D,16D,17D,18D;3D,4D,5D,6D,12D,13D,14D,15D. The van der Waals surface area contributed by atoms with Gasteiger partial charge in [0.1, 0.15) is 44.7 Å². The van der Waals surface area contributed by atoms with Gasteiger partial charge in [0.25, 0.3) is 0 Å². The molecule has 0 spiro atoms. The van der Waals surface area contributed by atoms with Crippen LogP contribution in [0.3, 0.4) is 0 Å². The molecule has 0 aliphatic carbocycles. The topological polar surface area (TPSA) is 52.6 Å². The second-order valence-corrected chi connectivity index (χ2v) is 23.2. The molecule has 17 aromatic carbocycles. The number of rotatable bonds is 4. The van der Waals surface area contributed by atoms with Crippen molar-refractivity contribution in [1.82, 2.24) is 0 Å². The molecule has 21 rings (SSSR count). The highest BCUT2D eigenvalue weighted by Crippen LogP contribution is 2.50. The first kappa shape index (κ1) is 37.6. The third-order valence-corrected chi connectivity index (χ3v) is 18.4. The van der Waals surface area contributed by atoms with Crippen LogP contribution in [-0.2, 0) is 0 Å². The summed E-state index contributed by atoms with van der Waals surface area (Å²) in [4.78, 5) is 0. The number of fused-ring (bicyclic) bond motifs is 23. The molecule has 0 bridgehead atoms. The number of benzene rings is 17. The second kappa shape index (κ2) is 19.6. The smallest absolute Gasteiger partial charge is 0.143 e. The van der Waals surface area contributed by atoms with Gasteiger partial charge in [-0.15, -0.1) is 0 Å². The summed E-state index contributed by atoms with van der Waals surface area (Å²) in [5.74, 6) is 0. The Kier molecular flexibility index (Phi) is 8.02. The van der Waals surface area contributed by atoms with E-state index >= 15 is 0 Å². The summed E-state index contributed by atoms with van der Waals surface area (Å²) in [5, 5.41) is 14.0. The maximum atomic E-state index is 9.44. The van der Waals surface area contributed by atoms with Gasteiger partial charge in [0.2, 0.25) is 0 Å². The van der Waals surface area contributed by atoms with Crippen LogP contribution in [-0.4, -0.2) is 0 Å². The van der Waals surface area contributed by atoms with Gasteiger partial charge in [-0.1, -0.05) is 242 Å². The molecule has 0 fully saturated rings. The third kappa shape index (κ3) is 7.40. The fourth-order valence-corrected chi connectivity index (χ4v) is 14.5. The molecule has 0 aliphatic rings. The molecule has 0 saturated heterocycles. The highest BCUT2D eigenvalue weighted by molar-refractivity contribution is 6.32. The Balaban J connectivity index is 0.000000143. The Bertz CT molecular complexity index is 7560. The first-order valence-electron chi connectivity index (χ1n) is 38.1. The lowest BCUT2D eigenvalue weighted by Gasteiger charge is -2.18. The molecule has 0 atom stereocenters. The normalized spacial score (nSPS) is 14.6. The van der Waals surface area contributed by atoms with Gasteiger partial charge in [-0.25, -0.2) is 0 Å². The van der Waals surface area contributed by atoms with E-state index in [1.165, 1.54) is 0 Å². The molecule has 4 heterocycles. The second-order valence-electron chi connectivity index (χ2n) is 23.2. The van der Waals surface area contributed by atoms with Crippen LogP contribution in [0.25, 0.3) is 208 Å². The summed E-state index contributed by atoms with van der Waals surface area (Å²) in [6.45, 7) is 0. The Morgan fingerprint density at radius 1 is 0.207 bits per heavy atom. The van der Waals surface area contributed by atoms with E-state index in [-0.39, 0.29) is 114 Å². The molecule has 426 valence electrons. The van der Waals surface area contributed by atoms with Crippen molar-refractivity contribution in [3.63, 3.8) is 0 Å². The molecule has 92 heavy (non-hydrogen) atoms. The Morgan fingerprint density at radius 3 is 1.22 bits per heavy atom. The van der Waals surface area contributed by atoms with Crippen molar-refractivity contribution < 1.29 is 39.6 Å². The molecule has 4 heteroatoms. The fourth-order valence-electron chi connectivity index (χ4n) is 14.5. The van der Waals surface area contributed by atoms with Gasteiger partial charge in [-0.2, -0.15) is 0 Å². The van der Waals surface area contributed by atoms with Gasteiger partial charge in [-0.3, -0.25) is 0 Å². The van der Waals surface area contributed by atoms with Gasteiger partial charge in [0.15, 0.2) is 0 Å². The first-order chi connectivity index (χ1) is 52.3. The SMILES string of the molecule is [2H]c1c([2H])c([2H])c2c(-c3ccc4oc5ccccc5c4c3)c3c([2H])c([2H])c([2H])c([2H])c3c(-c3ccc4c(c3)oc3ccc5ccccc5c34)c2c1[2H].[2H]c1c([2H])c([2H])c2c(-c3cccc4oc5ccccc5c34)c3c([2H])c([2H])c([2H])c([2H])c3c(-c3ccc4c(c3)oc3c5ccccc5c5ccccc5c43)c2c1[2H]. The average molecular weight is 1190 g/mol. The molecule has 0 N–H and O–H groups in total. The molecular weight excluding hydrogens is 1120 g/mol. The summed E-state index contributed by atoms with van der Waals surface area (Å²) in [7, 11) is 0. The molecule has 0 saturated carbocycles. The van der Waals surface area contributed by atoms with Crippen LogP contribution < -0.4 is 0 Å². The molecule has 0 unspecified atom stereocenters. The minimum atomic E-state index is -0.454. The van der Waals surface area contributed by atoms with Crippen LogP contribution in [0.15, 0.2) is 321 Å². The van der Waals surface area contributed by atoms with Crippen molar-refractivity contribution in [3.05, 3.63) is 303 Å². The molecule has 0 radical (unpaired) electrons. The summed E-state index contributed by atoms with van der Waals surface area (Å²) in [5.41, 5.74) is 8.01. The zero-order valence-electron chi connectivity index (χ0n) is 64.3. The number of furan rings is 4. The van der Waals surface area contributed by atoms with E-state index in [1.807, 2.05) is 164 Å². The van der Waals surface area contributed by atoms with Crippen LogP contribution in [0.5, 0.6) is 0 Å². The van der Waals surface area contributed by atoms with Crippen LogP contribution in [0, 0.1) is 0 Å². The Labute approximate surface area is 548 Å². The van der Waals surface area contributed by atoms with E-state index in [9.17, 15) is 11.0 Å². The monoisotopic (exact) mass is 1190 g/mol.